The number of nitrogens with zero attached hydrogens (tertiary/aromatic N) is 2. The summed E-state index contributed by atoms with van der Waals surface area (Å²) in [6, 6.07) is 7.02. The average molecular weight is 440 g/mol. The first-order valence-electron chi connectivity index (χ1n) is 10.8. The molecule has 3 aromatic rings. The second-order valence-corrected chi connectivity index (χ2v) is 8.13. The fraction of sp³-hybridized carbons (Fsp3) is 0.360. The van der Waals surface area contributed by atoms with Gasteiger partial charge in [0.15, 0.2) is 5.78 Å². The smallest absolute Gasteiger partial charge is 0.180 e. The van der Waals surface area contributed by atoms with Crippen LogP contribution < -0.4 is 9.47 Å². The fourth-order valence-electron chi connectivity index (χ4n) is 3.92. The minimum atomic E-state index is -0.714. The summed E-state index contributed by atoms with van der Waals surface area (Å²) in [4.78, 5) is 12.2. The van der Waals surface area contributed by atoms with Gasteiger partial charge in [0, 0.05) is 30.2 Å². The van der Waals surface area contributed by atoms with Gasteiger partial charge in [0.05, 0.1) is 18.5 Å². The number of rotatable bonds is 4. The lowest BCUT2D eigenvalue weighted by atomic mass is 9.97. The number of benzene rings is 2. The van der Waals surface area contributed by atoms with Gasteiger partial charge in [-0.1, -0.05) is 20.3 Å². The number of Topliss-reactive ketones (excluding diaryl/α,β-unsaturated/α-hetero) is 1. The van der Waals surface area contributed by atoms with Crippen molar-refractivity contribution in [3.05, 3.63) is 58.8 Å². The van der Waals surface area contributed by atoms with E-state index in [0.29, 0.717) is 22.9 Å². The van der Waals surface area contributed by atoms with Crippen molar-refractivity contribution in [2.24, 2.45) is 0 Å². The third-order valence-corrected chi connectivity index (χ3v) is 5.39. The summed E-state index contributed by atoms with van der Waals surface area (Å²) >= 11 is 0. The minimum absolute atomic E-state index is 0.140. The van der Waals surface area contributed by atoms with E-state index < -0.39 is 11.6 Å². The Hall–Kier alpha value is -3.22. The van der Waals surface area contributed by atoms with Crippen molar-refractivity contribution in [2.75, 3.05) is 7.11 Å². The van der Waals surface area contributed by atoms with Gasteiger partial charge >= 0.3 is 0 Å². The molecule has 5 rings (SSSR count). The van der Waals surface area contributed by atoms with Crippen molar-refractivity contribution < 1.29 is 23.0 Å². The molecule has 2 aliphatic rings. The number of halogens is 2. The van der Waals surface area contributed by atoms with Crippen LogP contribution in [0.5, 0.6) is 11.5 Å². The SMILES string of the molecule is CCC.COc1cc2c(cc1C1CC1)-c1c(c(C(C)=O)nn1-c1cc(F)cc(F)c1)CO2. The first-order chi connectivity index (χ1) is 15.4. The van der Waals surface area contributed by atoms with Gasteiger partial charge in [-0.25, -0.2) is 13.5 Å². The maximum absolute atomic E-state index is 13.9. The highest BCUT2D eigenvalue weighted by Crippen LogP contribution is 2.50. The van der Waals surface area contributed by atoms with Crippen molar-refractivity contribution in [1.82, 2.24) is 9.78 Å². The standard InChI is InChI=1S/C22H18F2N2O3.C3H8/c1-11(27)21-18-10-29-20-9-19(28-2)16(12-3-4-12)8-17(20)22(18)26(25-21)15-6-13(23)5-14(24)7-15;1-3-2/h5-9,12H,3-4,10H2,1-2H3;3H2,1-2H3. The molecular formula is C25H26F2N2O3. The van der Waals surface area contributed by atoms with Crippen LogP contribution in [-0.4, -0.2) is 22.7 Å². The van der Waals surface area contributed by atoms with Crippen LogP contribution in [0.4, 0.5) is 8.78 Å². The van der Waals surface area contributed by atoms with E-state index in [0.717, 1.165) is 35.8 Å². The third kappa shape index (κ3) is 3.99. The molecule has 0 radical (unpaired) electrons. The Balaban J connectivity index is 0.000000775. The van der Waals surface area contributed by atoms with Crippen molar-refractivity contribution in [3.8, 4) is 28.4 Å². The quantitative estimate of drug-likeness (QED) is 0.452. The number of ether oxygens (including phenoxy) is 2. The predicted octanol–water partition coefficient (Wildman–Crippen LogP) is 6.21. The monoisotopic (exact) mass is 440 g/mol. The number of carbonyl (C=O) groups is 1. The van der Waals surface area contributed by atoms with E-state index in [1.54, 1.807) is 7.11 Å². The first-order valence-corrected chi connectivity index (χ1v) is 10.8. The lowest BCUT2D eigenvalue weighted by molar-refractivity contribution is 0.101. The molecule has 1 aliphatic carbocycles. The predicted molar refractivity (Wildman–Crippen MR) is 118 cm³/mol. The van der Waals surface area contributed by atoms with Crippen LogP contribution in [0.3, 0.4) is 0 Å². The van der Waals surface area contributed by atoms with Crippen LogP contribution in [0.25, 0.3) is 16.9 Å². The van der Waals surface area contributed by atoms with E-state index in [-0.39, 0.29) is 23.8 Å². The number of aromatic nitrogens is 2. The van der Waals surface area contributed by atoms with Gasteiger partial charge in [-0.2, -0.15) is 5.10 Å². The molecule has 32 heavy (non-hydrogen) atoms. The van der Waals surface area contributed by atoms with Crippen LogP contribution in [0.2, 0.25) is 0 Å². The zero-order valence-electron chi connectivity index (χ0n) is 18.7. The Morgan fingerprint density at radius 3 is 2.38 bits per heavy atom. The highest BCUT2D eigenvalue weighted by Gasteiger charge is 2.33. The minimum Gasteiger partial charge on any atom is -0.496 e. The van der Waals surface area contributed by atoms with E-state index in [1.165, 1.54) is 30.2 Å². The van der Waals surface area contributed by atoms with Crippen molar-refractivity contribution in [3.63, 3.8) is 0 Å². The topological polar surface area (TPSA) is 53.3 Å². The maximum Gasteiger partial charge on any atom is 0.180 e. The van der Waals surface area contributed by atoms with Crippen LogP contribution in [0.15, 0.2) is 30.3 Å². The second kappa shape index (κ2) is 8.73. The highest BCUT2D eigenvalue weighted by atomic mass is 19.1. The molecule has 2 aromatic carbocycles. The lowest BCUT2D eigenvalue weighted by Crippen LogP contribution is -2.10. The maximum atomic E-state index is 13.9. The number of ketones is 1. The number of hydrogen-bond acceptors (Lipinski definition) is 4. The summed E-state index contributed by atoms with van der Waals surface area (Å²) in [5.41, 5.74) is 3.47. The van der Waals surface area contributed by atoms with Crippen molar-refractivity contribution in [2.45, 2.75) is 52.6 Å². The summed E-state index contributed by atoms with van der Waals surface area (Å²) in [5, 5.41) is 4.40. The molecule has 0 atom stereocenters. The van der Waals surface area contributed by atoms with E-state index >= 15 is 0 Å². The zero-order valence-corrected chi connectivity index (χ0v) is 18.7. The first kappa shape index (κ1) is 22.0. The molecule has 0 spiro atoms. The van der Waals surface area contributed by atoms with Gasteiger partial charge in [0.2, 0.25) is 0 Å². The molecule has 5 nitrogen and oxygen atoms in total. The van der Waals surface area contributed by atoms with Crippen molar-refractivity contribution in [1.29, 1.82) is 0 Å². The van der Waals surface area contributed by atoms with Crippen LogP contribution >= 0.6 is 0 Å². The van der Waals surface area contributed by atoms with E-state index in [1.807, 2.05) is 12.1 Å². The van der Waals surface area contributed by atoms with Crippen molar-refractivity contribution >= 4 is 5.78 Å². The van der Waals surface area contributed by atoms with Gasteiger partial charge in [-0.3, -0.25) is 4.79 Å². The highest BCUT2D eigenvalue weighted by molar-refractivity contribution is 5.96. The second-order valence-electron chi connectivity index (χ2n) is 8.13. The summed E-state index contributed by atoms with van der Waals surface area (Å²) in [6.07, 6.45) is 3.41. The summed E-state index contributed by atoms with van der Waals surface area (Å²) in [6.45, 7) is 5.80. The number of carbonyl (C=O) groups excluding carboxylic acids is 1. The van der Waals surface area contributed by atoms with Crippen LogP contribution in [-0.2, 0) is 6.61 Å². The van der Waals surface area contributed by atoms with Crippen LogP contribution in [0.1, 0.15) is 67.6 Å². The summed E-state index contributed by atoms with van der Waals surface area (Å²) in [7, 11) is 1.62. The molecule has 1 saturated carbocycles. The molecule has 0 amide bonds. The molecule has 1 aromatic heterocycles. The third-order valence-electron chi connectivity index (χ3n) is 5.39. The normalized spacial score (nSPS) is 13.9. The summed E-state index contributed by atoms with van der Waals surface area (Å²) in [5.74, 6) is 0.0931. The molecule has 2 heterocycles. The number of hydrogen-bond donors (Lipinski definition) is 0. The Morgan fingerprint density at radius 2 is 1.81 bits per heavy atom. The van der Waals surface area contributed by atoms with E-state index in [2.05, 4.69) is 18.9 Å². The number of fused-ring (bicyclic) bond motifs is 3. The largest absolute Gasteiger partial charge is 0.496 e. The van der Waals surface area contributed by atoms with E-state index in [9.17, 15) is 13.6 Å². The Bertz CT molecular complexity index is 1160. The van der Waals surface area contributed by atoms with E-state index in [4.69, 9.17) is 9.47 Å². The summed E-state index contributed by atoms with van der Waals surface area (Å²) < 4.78 is 40.7. The van der Waals surface area contributed by atoms with Gasteiger partial charge in [0.25, 0.3) is 0 Å². The Morgan fingerprint density at radius 1 is 1.16 bits per heavy atom. The van der Waals surface area contributed by atoms with Gasteiger partial charge in [-0.05, 0) is 42.5 Å². The molecule has 168 valence electrons. The molecular weight excluding hydrogens is 414 g/mol. The molecule has 1 fully saturated rings. The molecule has 0 bridgehead atoms. The fourth-order valence-corrected chi connectivity index (χ4v) is 3.92. The number of methoxy groups -OCH3 is 1. The molecule has 0 unspecified atom stereocenters. The molecule has 0 saturated heterocycles. The average Bonchev–Trinajstić information content (AvgIpc) is 3.51. The Labute approximate surface area is 186 Å². The Kier molecular flexibility index (Phi) is 6.00. The van der Waals surface area contributed by atoms with Gasteiger partial charge in [0.1, 0.15) is 35.4 Å². The molecule has 1 aliphatic heterocycles. The van der Waals surface area contributed by atoms with Gasteiger partial charge < -0.3 is 9.47 Å². The molecule has 7 heteroatoms. The van der Waals surface area contributed by atoms with Crippen LogP contribution in [0, 0.1) is 11.6 Å². The zero-order chi connectivity index (χ0) is 23.0. The van der Waals surface area contributed by atoms with Gasteiger partial charge in [-0.15, -0.1) is 0 Å². The lowest BCUT2D eigenvalue weighted by Gasteiger charge is -2.22. The molecule has 0 N–H and O–H groups in total.